The van der Waals surface area contributed by atoms with Crippen LogP contribution in [-0.2, 0) is 4.79 Å². The first-order valence-corrected chi connectivity index (χ1v) is 5.98. The van der Waals surface area contributed by atoms with Gasteiger partial charge < -0.3 is 10.6 Å². The summed E-state index contributed by atoms with van der Waals surface area (Å²) in [7, 11) is 0. The molecule has 0 fully saturated rings. The molecule has 0 aliphatic heterocycles. The van der Waals surface area contributed by atoms with E-state index in [0.29, 0.717) is 17.3 Å². The predicted molar refractivity (Wildman–Crippen MR) is 76.7 cm³/mol. The van der Waals surface area contributed by atoms with Gasteiger partial charge in [0, 0.05) is 23.5 Å². The van der Waals surface area contributed by atoms with Crippen LogP contribution in [0.25, 0.3) is 0 Å². The van der Waals surface area contributed by atoms with Crippen molar-refractivity contribution in [1.82, 2.24) is 5.32 Å². The van der Waals surface area contributed by atoms with Crippen LogP contribution < -0.4 is 10.6 Å². The maximum absolute atomic E-state index is 11.8. The quantitative estimate of drug-likeness (QED) is 0.376. The number of hydrogen-bond donors (Lipinski definition) is 2. The molecule has 0 unspecified atom stereocenters. The lowest BCUT2D eigenvalue weighted by Gasteiger charge is -2.06. The third-order valence-electron chi connectivity index (χ3n) is 2.30. The molecule has 0 aliphatic carbocycles. The number of halogens is 1. The number of hydrogen-bond acceptors (Lipinski definition) is 3. The maximum atomic E-state index is 11.8. The van der Waals surface area contributed by atoms with Gasteiger partial charge in [-0.3, -0.25) is 4.79 Å². The lowest BCUT2D eigenvalue weighted by Crippen LogP contribution is -2.16. The van der Waals surface area contributed by atoms with Gasteiger partial charge in [0.05, 0.1) is 0 Å². The molecule has 0 spiro atoms. The zero-order chi connectivity index (χ0) is 14.3. The lowest BCUT2D eigenvalue weighted by molar-refractivity contribution is -0.112. The summed E-state index contributed by atoms with van der Waals surface area (Å²) in [6, 6.07) is 6.99. The van der Waals surface area contributed by atoms with Gasteiger partial charge in [0.2, 0.25) is 0 Å². The van der Waals surface area contributed by atoms with Crippen LogP contribution in [0, 0.1) is 18.3 Å². The third-order valence-corrected chi connectivity index (χ3v) is 2.71. The molecule has 0 atom stereocenters. The van der Waals surface area contributed by atoms with Crippen molar-refractivity contribution in [3.8, 4) is 6.07 Å². The van der Waals surface area contributed by atoms with Crippen molar-refractivity contribution in [2.75, 3.05) is 11.9 Å². The molecule has 1 aromatic rings. The maximum Gasteiger partial charge on any atom is 0.267 e. The van der Waals surface area contributed by atoms with Gasteiger partial charge in [0.25, 0.3) is 5.91 Å². The molecule has 1 rings (SSSR count). The zero-order valence-corrected chi connectivity index (χ0v) is 11.3. The average molecular weight is 276 g/mol. The second-order valence-corrected chi connectivity index (χ2v) is 4.19. The fraction of sp³-hybridized carbons (Fsp3) is 0.143. The fourth-order valence-corrected chi connectivity index (χ4v) is 1.44. The molecular formula is C14H14ClN3O. The number of carbonyl (C=O) groups is 1. The fourth-order valence-electron chi connectivity index (χ4n) is 1.26. The van der Waals surface area contributed by atoms with Crippen LogP contribution in [-0.4, -0.2) is 12.5 Å². The highest BCUT2D eigenvalue weighted by atomic mass is 35.5. The molecule has 1 aromatic carbocycles. The van der Waals surface area contributed by atoms with Crippen molar-refractivity contribution in [3.05, 3.63) is 53.2 Å². The van der Waals surface area contributed by atoms with Gasteiger partial charge >= 0.3 is 0 Å². The van der Waals surface area contributed by atoms with E-state index >= 15 is 0 Å². The predicted octanol–water partition coefficient (Wildman–Crippen LogP) is 2.77. The molecule has 2 N–H and O–H groups in total. The number of aryl methyl sites for hydroxylation is 1. The zero-order valence-electron chi connectivity index (χ0n) is 10.5. The van der Waals surface area contributed by atoms with E-state index < -0.39 is 5.91 Å². The number of amides is 1. The van der Waals surface area contributed by atoms with Crippen molar-refractivity contribution in [3.63, 3.8) is 0 Å². The molecule has 4 nitrogen and oxygen atoms in total. The van der Waals surface area contributed by atoms with Crippen LogP contribution in [0.2, 0.25) is 5.02 Å². The molecule has 0 heterocycles. The molecule has 1 amide bonds. The minimum Gasteiger partial charge on any atom is -0.386 e. The molecular weight excluding hydrogens is 262 g/mol. The Bertz CT molecular complexity index is 558. The molecule has 0 saturated heterocycles. The third kappa shape index (κ3) is 4.49. The molecule has 0 radical (unpaired) electrons. The highest BCUT2D eigenvalue weighted by Gasteiger charge is 2.09. The summed E-state index contributed by atoms with van der Waals surface area (Å²) in [5.41, 5.74) is 1.45. The number of anilines is 1. The van der Waals surface area contributed by atoms with Crippen molar-refractivity contribution in [2.24, 2.45) is 0 Å². The van der Waals surface area contributed by atoms with Crippen LogP contribution in [0.4, 0.5) is 5.69 Å². The van der Waals surface area contributed by atoms with Crippen LogP contribution in [0.15, 0.2) is 42.6 Å². The van der Waals surface area contributed by atoms with E-state index in [1.54, 1.807) is 24.3 Å². The van der Waals surface area contributed by atoms with E-state index in [4.69, 9.17) is 16.9 Å². The van der Waals surface area contributed by atoms with E-state index in [0.717, 1.165) is 5.56 Å². The van der Waals surface area contributed by atoms with Gasteiger partial charge in [-0.2, -0.15) is 5.26 Å². The Morgan fingerprint density at radius 3 is 2.89 bits per heavy atom. The Hall–Kier alpha value is -2.25. The van der Waals surface area contributed by atoms with Crippen LogP contribution in [0.1, 0.15) is 5.56 Å². The van der Waals surface area contributed by atoms with E-state index in [-0.39, 0.29) is 5.57 Å². The number of nitriles is 1. The standard InChI is InChI=1S/C14H14ClN3O/c1-3-6-17-9-11(8-16)14(19)18-12-5-4-10(2)13(15)7-12/h3-5,7,9,17H,1,6H2,2H3,(H,18,19)/b11-9-. The van der Waals surface area contributed by atoms with Crippen LogP contribution in [0.3, 0.4) is 0 Å². The Balaban J connectivity index is 2.77. The molecule has 98 valence electrons. The summed E-state index contributed by atoms with van der Waals surface area (Å²) < 4.78 is 0. The Morgan fingerprint density at radius 1 is 1.58 bits per heavy atom. The Kier molecular flexibility index (Phi) is 5.65. The number of carbonyl (C=O) groups excluding carboxylic acids is 1. The first-order chi connectivity index (χ1) is 9.08. The minimum atomic E-state index is -0.487. The number of nitrogens with zero attached hydrogens (tertiary/aromatic N) is 1. The topological polar surface area (TPSA) is 64.9 Å². The monoisotopic (exact) mass is 275 g/mol. The Labute approximate surface area is 117 Å². The van der Waals surface area contributed by atoms with Gasteiger partial charge in [0.15, 0.2) is 0 Å². The second kappa shape index (κ2) is 7.24. The van der Waals surface area contributed by atoms with Crippen LogP contribution in [0.5, 0.6) is 0 Å². The van der Waals surface area contributed by atoms with E-state index in [1.807, 2.05) is 13.0 Å². The van der Waals surface area contributed by atoms with Crippen molar-refractivity contribution >= 4 is 23.2 Å². The van der Waals surface area contributed by atoms with E-state index in [9.17, 15) is 4.79 Å². The molecule has 19 heavy (non-hydrogen) atoms. The normalized spacial score (nSPS) is 10.5. The van der Waals surface area contributed by atoms with Gasteiger partial charge in [-0.15, -0.1) is 6.58 Å². The number of benzene rings is 1. The largest absolute Gasteiger partial charge is 0.386 e. The smallest absolute Gasteiger partial charge is 0.267 e. The molecule has 0 bridgehead atoms. The summed E-state index contributed by atoms with van der Waals surface area (Å²) >= 11 is 5.96. The van der Waals surface area contributed by atoms with Crippen LogP contribution >= 0.6 is 11.6 Å². The highest BCUT2D eigenvalue weighted by Crippen LogP contribution is 2.20. The van der Waals surface area contributed by atoms with Gasteiger partial charge in [-0.1, -0.05) is 23.7 Å². The Morgan fingerprint density at radius 2 is 2.32 bits per heavy atom. The first kappa shape index (κ1) is 14.8. The minimum absolute atomic E-state index is 0.0152. The second-order valence-electron chi connectivity index (χ2n) is 3.78. The van der Waals surface area contributed by atoms with E-state index in [2.05, 4.69) is 17.2 Å². The van der Waals surface area contributed by atoms with Gasteiger partial charge in [-0.05, 0) is 24.6 Å². The van der Waals surface area contributed by atoms with Gasteiger partial charge in [-0.25, -0.2) is 0 Å². The summed E-state index contributed by atoms with van der Waals surface area (Å²) in [6.45, 7) is 5.87. The number of rotatable bonds is 5. The van der Waals surface area contributed by atoms with Crippen molar-refractivity contribution in [2.45, 2.75) is 6.92 Å². The van der Waals surface area contributed by atoms with E-state index in [1.165, 1.54) is 6.20 Å². The number of nitrogens with one attached hydrogen (secondary N) is 2. The molecule has 0 saturated carbocycles. The molecule has 0 aromatic heterocycles. The SMILES string of the molecule is C=CCN/C=C(/C#N)C(=O)Nc1ccc(C)c(Cl)c1. The average Bonchev–Trinajstić information content (AvgIpc) is 2.39. The highest BCUT2D eigenvalue weighted by molar-refractivity contribution is 6.31. The summed E-state index contributed by atoms with van der Waals surface area (Å²) in [5.74, 6) is -0.487. The summed E-state index contributed by atoms with van der Waals surface area (Å²) in [6.07, 6.45) is 2.98. The molecule has 0 aliphatic rings. The summed E-state index contributed by atoms with van der Waals surface area (Å²) in [5, 5.41) is 14.9. The van der Waals surface area contributed by atoms with Crippen molar-refractivity contribution in [1.29, 1.82) is 5.26 Å². The lowest BCUT2D eigenvalue weighted by atomic mass is 10.2. The van der Waals surface area contributed by atoms with Gasteiger partial charge in [0.1, 0.15) is 11.6 Å². The van der Waals surface area contributed by atoms with Crippen molar-refractivity contribution < 1.29 is 4.79 Å². The molecule has 5 heteroatoms. The first-order valence-electron chi connectivity index (χ1n) is 5.60. The summed E-state index contributed by atoms with van der Waals surface area (Å²) in [4.78, 5) is 11.8.